The molecule has 0 bridgehead atoms. The van der Waals surface area contributed by atoms with E-state index < -0.39 is 0 Å². The Morgan fingerprint density at radius 1 is 1.15 bits per heavy atom. The second-order valence-corrected chi connectivity index (χ2v) is 9.40. The molecule has 9 heteroatoms. The molecule has 168 valence electrons. The van der Waals surface area contributed by atoms with Gasteiger partial charge < -0.3 is 20.4 Å². The minimum absolute atomic E-state index is 0.253. The molecule has 33 heavy (non-hydrogen) atoms. The van der Waals surface area contributed by atoms with Crippen LogP contribution in [-0.2, 0) is 13.0 Å². The molecule has 0 saturated heterocycles. The Labute approximate surface area is 196 Å². The van der Waals surface area contributed by atoms with Gasteiger partial charge in [-0.2, -0.15) is 0 Å². The predicted molar refractivity (Wildman–Crippen MR) is 134 cm³/mol. The van der Waals surface area contributed by atoms with Crippen LogP contribution in [0.5, 0.6) is 0 Å². The van der Waals surface area contributed by atoms with Gasteiger partial charge in [-0.3, -0.25) is 9.78 Å². The third-order valence-corrected chi connectivity index (χ3v) is 6.84. The molecule has 0 fully saturated rings. The van der Waals surface area contributed by atoms with Crippen molar-refractivity contribution < 1.29 is 4.79 Å². The van der Waals surface area contributed by atoms with Crippen LogP contribution in [0.2, 0.25) is 0 Å². The molecule has 0 unspecified atom stereocenters. The molecule has 0 aliphatic carbocycles. The van der Waals surface area contributed by atoms with Gasteiger partial charge in [0.2, 0.25) is 0 Å². The fourth-order valence-electron chi connectivity index (χ4n) is 4.07. The molecule has 8 nitrogen and oxygen atoms in total. The van der Waals surface area contributed by atoms with Crippen LogP contribution in [0.15, 0.2) is 48.9 Å². The van der Waals surface area contributed by atoms with Gasteiger partial charge in [-0.05, 0) is 49.4 Å². The Morgan fingerprint density at radius 3 is 2.82 bits per heavy atom. The van der Waals surface area contributed by atoms with Crippen LogP contribution in [0.1, 0.15) is 20.9 Å². The summed E-state index contributed by atoms with van der Waals surface area (Å²) in [6.07, 6.45) is 4.20. The molecule has 4 aromatic rings. The quantitative estimate of drug-likeness (QED) is 0.464. The van der Waals surface area contributed by atoms with Crippen molar-refractivity contribution in [3.63, 3.8) is 0 Å². The van der Waals surface area contributed by atoms with Crippen LogP contribution >= 0.6 is 11.3 Å². The molecule has 1 aliphatic heterocycles. The van der Waals surface area contributed by atoms with Gasteiger partial charge in [0.1, 0.15) is 22.7 Å². The zero-order chi connectivity index (χ0) is 22.9. The van der Waals surface area contributed by atoms with E-state index in [0.29, 0.717) is 11.4 Å². The smallest absolute Gasteiger partial charge is 0.274 e. The van der Waals surface area contributed by atoms with E-state index in [2.05, 4.69) is 37.5 Å². The lowest BCUT2D eigenvalue weighted by Gasteiger charge is -2.22. The first kappa shape index (κ1) is 21.3. The van der Waals surface area contributed by atoms with Crippen LogP contribution < -0.4 is 15.5 Å². The highest BCUT2D eigenvalue weighted by atomic mass is 32.1. The number of fused-ring (bicyclic) bond motifs is 3. The average molecular weight is 460 g/mol. The second kappa shape index (κ2) is 8.76. The number of rotatable bonds is 5. The Morgan fingerprint density at radius 2 is 2.03 bits per heavy atom. The van der Waals surface area contributed by atoms with E-state index in [-0.39, 0.29) is 5.91 Å². The maximum absolute atomic E-state index is 12.7. The molecule has 0 atom stereocenters. The molecule has 3 aromatic heterocycles. The van der Waals surface area contributed by atoms with Crippen molar-refractivity contribution in [1.82, 2.24) is 19.9 Å². The van der Waals surface area contributed by atoms with Gasteiger partial charge in [0.25, 0.3) is 5.91 Å². The number of anilines is 4. The SMILES string of the molecule is CN1CCc2c(sc3ncnc(Nc4ccc(N(C)C)c(NC(=O)c5ccccn5)c4)c23)C1. The molecule has 0 radical (unpaired) electrons. The average Bonchev–Trinajstić information content (AvgIpc) is 3.18. The Bertz CT molecular complexity index is 1320. The first-order valence-corrected chi connectivity index (χ1v) is 11.6. The van der Waals surface area contributed by atoms with E-state index in [4.69, 9.17) is 0 Å². The number of aromatic nitrogens is 3. The number of carbonyl (C=O) groups is 1. The summed E-state index contributed by atoms with van der Waals surface area (Å²) < 4.78 is 0. The number of nitrogens with one attached hydrogen (secondary N) is 2. The van der Waals surface area contributed by atoms with Crippen molar-refractivity contribution in [2.24, 2.45) is 0 Å². The number of amides is 1. The van der Waals surface area contributed by atoms with Gasteiger partial charge >= 0.3 is 0 Å². The molecule has 2 N–H and O–H groups in total. The fourth-order valence-corrected chi connectivity index (χ4v) is 5.34. The van der Waals surface area contributed by atoms with E-state index in [0.717, 1.165) is 46.9 Å². The fraction of sp³-hybridized carbons (Fsp3) is 0.250. The normalized spacial score (nSPS) is 13.5. The van der Waals surface area contributed by atoms with E-state index in [1.807, 2.05) is 37.2 Å². The Balaban J connectivity index is 1.49. The highest BCUT2D eigenvalue weighted by Gasteiger charge is 2.22. The summed E-state index contributed by atoms with van der Waals surface area (Å²) in [5, 5.41) is 7.57. The Kier molecular flexibility index (Phi) is 5.65. The van der Waals surface area contributed by atoms with Crippen LogP contribution in [0.25, 0.3) is 10.2 Å². The molecule has 5 rings (SSSR count). The van der Waals surface area contributed by atoms with E-state index in [9.17, 15) is 4.79 Å². The molecule has 0 saturated carbocycles. The number of pyridine rings is 1. The van der Waals surface area contributed by atoms with Gasteiger partial charge in [0.15, 0.2) is 0 Å². The third-order valence-electron chi connectivity index (χ3n) is 5.71. The minimum atomic E-state index is -0.253. The monoisotopic (exact) mass is 459 g/mol. The topological polar surface area (TPSA) is 86.3 Å². The zero-order valence-electron chi connectivity index (χ0n) is 18.8. The number of benzene rings is 1. The summed E-state index contributed by atoms with van der Waals surface area (Å²) in [7, 11) is 6.04. The van der Waals surface area contributed by atoms with Crippen molar-refractivity contribution in [2.45, 2.75) is 13.0 Å². The van der Waals surface area contributed by atoms with Gasteiger partial charge in [-0.15, -0.1) is 11.3 Å². The molecular formula is C24H25N7OS. The standard InChI is InChI=1S/C24H25N7OS/c1-30(2)19-8-7-15(12-18(19)29-23(32)17-6-4-5-10-25-17)28-22-21-16-9-11-31(3)13-20(16)33-24(21)27-14-26-22/h4-8,10,12,14H,9,11,13H2,1-3H3,(H,29,32)(H,26,27,28). The lowest BCUT2D eigenvalue weighted by Crippen LogP contribution is -2.25. The van der Waals surface area contributed by atoms with Gasteiger partial charge in [0, 0.05) is 43.9 Å². The van der Waals surface area contributed by atoms with Crippen molar-refractivity contribution in [1.29, 1.82) is 0 Å². The zero-order valence-corrected chi connectivity index (χ0v) is 19.6. The molecule has 1 aromatic carbocycles. The first-order chi connectivity index (χ1) is 16.0. The molecule has 0 spiro atoms. The van der Waals surface area contributed by atoms with Gasteiger partial charge in [0.05, 0.1) is 16.8 Å². The maximum Gasteiger partial charge on any atom is 0.274 e. The molecule has 4 heterocycles. The van der Waals surface area contributed by atoms with E-state index in [1.165, 1.54) is 10.4 Å². The van der Waals surface area contributed by atoms with E-state index >= 15 is 0 Å². The number of likely N-dealkylation sites (N-methyl/N-ethyl adjacent to an activating group) is 1. The number of hydrogen-bond donors (Lipinski definition) is 2. The van der Waals surface area contributed by atoms with Crippen LogP contribution in [0, 0.1) is 0 Å². The minimum Gasteiger partial charge on any atom is -0.376 e. The summed E-state index contributed by atoms with van der Waals surface area (Å²) in [5.41, 5.74) is 4.14. The van der Waals surface area contributed by atoms with E-state index in [1.54, 1.807) is 42.1 Å². The number of carbonyl (C=O) groups excluding carboxylic acids is 1. The molecule has 1 amide bonds. The van der Waals surface area contributed by atoms with Crippen molar-refractivity contribution in [2.75, 3.05) is 43.2 Å². The first-order valence-electron chi connectivity index (χ1n) is 10.7. The predicted octanol–water partition coefficient (Wildman–Crippen LogP) is 4.14. The molecule has 1 aliphatic rings. The summed E-state index contributed by atoms with van der Waals surface area (Å²) in [6, 6.07) is 11.2. The van der Waals surface area contributed by atoms with Crippen LogP contribution in [0.3, 0.4) is 0 Å². The maximum atomic E-state index is 12.7. The number of thiophene rings is 1. The summed E-state index contributed by atoms with van der Waals surface area (Å²) >= 11 is 1.74. The van der Waals surface area contributed by atoms with Crippen molar-refractivity contribution in [3.05, 3.63) is 65.1 Å². The lowest BCUT2D eigenvalue weighted by atomic mass is 10.1. The third kappa shape index (κ3) is 4.24. The lowest BCUT2D eigenvalue weighted by molar-refractivity contribution is 0.102. The summed E-state index contributed by atoms with van der Waals surface area (Å²) in [5.74, 6) is 0.540. The largest absolute Gasteiger partial charge is 0.376 e. The number of nitrogens with zero attached hydrogens (tertiary/aromatic N) is 5. The number of hydrogen-bond acceptors (Lipinski definition) is 8. The van der Waals surface area contributed by atoms with Crippen LogP contribution in [-0.4, -0.2) is 53.4 Å². The van der Waals surface area contributed by atoms with Crippen molar-refractivity contribution >= 4 is 50.3 Å². The highest BCUT2D eigenvalue weighted by Crippen LogP contribution is 2.38. The molecular weight excluding hydrogens is 434 g/mol. The summed E-state index contributed by atoms with van der Waals surface area (Å²) in [6.45, 7) is 1.96. The Hall–Kier alpha value is -3.56. The van der Waals surface area contributed by atoms with Crippen LogP contribution in [0.4, 0.5) is 22.9 Å². The second-order valence-electron chi connectivity index (χ2n) is 8.31. The van der Waals surface area contributed by atoms with Gasteiger partial charge in [-0.25, -0.2) is 9.97 Å². The van der Waals surface area contributed by atoms with Gasteiger partial charge in [-0.1, -0.05) is 6.07 Å². The van der Waals surface area contributed by atoms with Crippen molar-refractivity contribution in [3.8, 4) is 0 Å². The summed E-state index contributed by atoms with van der Waals surface area (Å²) in [4.78, 5) is 32.6. The highest BCUT2D eigenvalue weighted by molar-refractivity contribution is 7.19.